The summed E-state index contributed by atoms with van der Waals surface area (Å²) in [6.07, 6.45) is 1.68. The highest BCUT2D eigenvalue weighted by Crippen LogP contribution is 2.14. The smallest absolute Gasteiger partial charge is 0.150 e. The Morgan fingerprint density at radius 3 is 1.66 bits per heavy atom. The zero-order chi connectivity index (χ0) is 25.5. The molecule has 4 aromatic rings. The fourth-order valence-corrected chi connectivity index (χ4v) is 3.25. The molecular weight excluding hydrogens is 504 g/mol. The van der Waals surface area contributed by atoms with Gasteiger partial charge in [0.15, 0.2) is 0 Å². The fourth-order valence-electron chi connectivity index (χ4n) is 2.88. The summed E-state index contributed by atoms with van der Waals surface area (Å²) in [6, 6.07) is 30.0. The molecule has 0 atom stereocenters. The third-order valence-electron chi connectivity index (χ3n) is 4.78. The van der Waals surface area contributed by atoms with E-state index in [9.17, 15) is 9.59 Å². The Bertz CT molecular complexity index is 1170. The second kappa shape index (κ2) is 15.3. The van der Waals surface area contributed by atoms with E-state index >= 15 is 0 Å². The number of aromatic hydroxyl groups is 1. The van der Waals surface area contributed by atoms with E-state index in [1.54, 1.807) is 24.3 Å². The minimum atomic E-state index is 0.338. The van der Waals surface area contributed by atoms with E-state index in [0.717, 1.165) is 40.3 Å². The number of carbonyl (C=O) groups is 2. The van der Waals surface area contributed by atoms with E-state index in [4.69, 9.17) is 9.84 Å². The first kappa shape index (κ1) is 27.5. The lowest BCUT2D eigenvalue weighted by atomic mass is 10.1. The van der Waals surface area contributed by atoms with Crippen molar-refractivity contribution in [2.24, 2.45) is 0 Å². The molecule has 5 heteroatoms. The first-order chi connectivity index (χ1) is 16.9. The predicted octanol–water partition coefficient (Wildman–Crippen LogP) is 7.48. The van der Waals surface area contributed by atoms with Crippen LogP contribution in [-0.4, -0.2) is 17.7 Å². The van der Waals surface area contributed by atoms with Crippen LogP contribution in [0.25, 0.3) is 0 Å². The number of aryl methyl sites for hydroxylation is 2. The molecule has 4 rings (SSSR count). The number of hydrogen-bond acceptors (Lipinski definition) is 4. The van der Waals surface area contributed by atoms with Crippen molar-refractivity contribution in [2.75, 3.05) is 0 Å². The summed E-state index contributed by atoms with van der Waals surface area (Å²) >= 11 is 3.32. The molecule has 0 aromatic heterocycles. The van der Waals surface area contributed by atoms with Crippen molar-refractivity contribution in [3.8, 4) is 11.5 Å². The van der Waals surface area contributed by atoms with Gasteiger partial charge in [-0.3, -0.25) is 9.59 Å². The Hall–Kier alpha value is -3.70. The molecule has 0 fully saturated rings. The Morgan fingerprint density at radius 1 is 0.714 bits per heavy atom. The molecule has 0 bridgehead atoms. The number of halogens is 1. The maximum atomic E-state index is 10.5. The lowest BCUT2D eigenvalue weighted by Crippen LogP contribution is -1.95. The van der Waals surface area contributed by atoms with Gasteiger partial charge < -0.3 is 9.84 Å². The van der Waals surface area contributed by atoms with Crippen molar-refractivity contribution in [3.63, 3.8) is 0 Å². The molecule has 0 radical (unpaired) electrons. The van der Waals surface area contributed by atoms with Gasteiger partial charge in [-0.05, 0) is 60.4 Å². The molecule has 0 amide bonds. The van der Waals surface area contributed by atoms with Crippen molar-refractivity contribution in [1.29, 1.82) is 0 Å². The van der Waals surface area contributed by atoms with Gasteiger partial charge in [0.2, 0.25) is 0 Å². The van der Waals surface area contributed by atoms with Crippen LogP contribution in [0.15, 0.2) is 97.1 Å². The molecule has 0 aliphatic carbocycles. The highest BCUT2D eigenvalue weighted by Gasteiger charge is 1.97. The summed E-state index contributed by atoms with van der Waals surface area (Å²) in [5, 5.41) is 9.65. The lowest BCUT2D eigenvalue weighted by molar-refractivity contribution is 0.111. The maximum absolute atomic E-state index is 10.5. The minimum Gasteiger partial charge on any atom is -0.508 e. The van der Waals surface area contributed by atoms with E-state index < -0.39 is 0 Å². The third-order valence-corrected chi connectivity index (χ3v) is 5.43. The fraction of sp³-hybridized carbons (Fsp3) is 0.133. The van der Waals surface area contributed by atoms with Crippen molar-refractivity contribution in [3.05, 3.63) is 130 Å². The average Bonchev–Trinajstić information content (AvgIpc) is 2.88. The molecule has 0 aliphatic rings. The molecule has 0 unspecified atom stereocenters. The monoisotopic (exact) mass is 532 g/mol. The number of aldehydes is 2. The predicted molar refractivity (Wildman–Crippen MR) is 145 cm³/mol. The Balaban J connectivity index is 0.000000204. The molecule has 0 aliphatic heterocycles. The SMILES string of the molecule is Cc1cccc(O)c1.Cc1cccc(OCc2ccc(C=O)cc2)c1.O=Cc1ccc(CBr)cc1. The number of phenolic OH excluding ortho intramolecular Hbond substituents is 1. The van der Waals surface area contributed by atoms with Gasteiger partial charge >= 0.3 is 0 Å². The van der Waals surface area contributed by atoms with Crippen LogP contribution in [-0.2, 0) is 11.9 Å². The number of phenols is 1. The van der Waals surface area contributed by atoms with E-state index in [1.165, 1.54) is 11.1 Å². The third kappa shape index (κ3) is 10.8. The molecule has 0 heterocycles. The Kier molecular flexibility index (Phi) is 12.0. The molecule has 4 aromatic carbocycles. The van der Waals surface area contributed by atoms with Crippen LogP contribution in [0.4, 0.5) is 0 Å². The quantitative estimate of drug-likeness (QED) is 0.206. The Labute approximate surface area is 215 Å². The van der Waals surface area contributed by atoms with Crippen LogP contribution in [0.3, 0.4) is 0 Å². The topological polar surface area (TPSA) is 63.6 Å². The van der Waals surface area contributed by atoms with Crippen molar-refractivity contribution >= 4 is 28.5 Å². The van der Waals surface area contributed by atoms with Gasteiger partial charge in [0, 0.05) is 16.5 Å². The normalized spacial score (nSPS) is 9.57. The molecule has 35 heavy (non-hydrogen) atoms. The summed E-state index contributed by atoms with van der Waals surface area (Å²) in [4.78, 5) is 20.7. The molecule has 180 valence electrons. The molecule has 1 N–H and O–H groups in total. The number of rotatable bonds is 6. The van der Waals surface area contributed by atoms with E-state index in [2.05, 4.69) is 15.9 Å². The van der Waals surface area contributed by atoms with Crippen LogP contribution < -0.4 is 4.74 Å². The van der Waals surface area contributed by atoms with Gasteiger partial charge in [0.1, 0.15) is 30.7 Å². The van der Waals surface area contributed by atoms with Crippen LogP contribution in [0.5, 0.6) is 11.5 Å². The molecule has 0 spiro atoms. The summed E-state index contributed by atoms with van der Waals surface area (Å²) < 4.78 is 5.66. The van der Waals surface area contributed by atoms with Crippen molar-refractivity contribution in [2.45, 2.75) is 25.8 Å². The summed E-state index contributed by atoms with van der Waals surface area (Å²) in [5.41, 5.74) is 5.92. The second-order valence-corrected chi connectivity index (χ2v) is 8.36. The van der Waals surface area contributed by atoms with Crippen molar-refractivity contribution < 1.29 is 19.4 Å². The van der Waals surface area contributed by atoms with Crippen LogP contribution in [0.1, 0.15) is 43.0 Å². The largest absolute Gasteiger partial charge is 0.508 e. The minimum absolute atomic E-state index is 0.338. The highest BCUT2D eigenvalue weighted by molar-refractivity contribution is 9.08. The molecular formula is C30H29BrO4. The van der Waals surface area contributed by atoms with Gasteiger partial charge in [-0.25, -0.2) is 0 Å². The summed E-state index contributed by atoms with van der Waals surface area (Å²) in [6.45, 7) is 4.49. The zero-order valence-electron chi connectivity index (χ0n) is 19.9. The van der Waals surface area contributed by atoms with Gasteiger partial charge in [-0.2, -0.15) is 0 Å². The Morgan fingerprint density at radius 2 is 1.23 bits per heavy atom. The second-order valence-electron chi connectivity index (χ2n) is 7.80. The molecule has 0 saturated heterocycles. The summed E-state index contributed by atoms with van der Waals surface area (Å²) in [7, 11) is 0. The average molecular weight is 533 g/mol. The maximum Gasteiger partial charge on any atom is 0.150 e. The van der Waals surface area contributed by atoms with Gasteiger partial charge in [-0.15, -0.1) is 0 Å². The van der Waals surface area contributed by atoms with E-state index in [-0.39, 0.29) is 0 Å². The number of alkyl halides is 1. The van der Waals surface area contributed by atoms with E-state index in [1.807, 2.05) is 86.6 Å². The first-order valence-corrected chi connectivity index (χ1v) is 12.1. The summed E-state index contributed by atoms with van der Waals surface area (Å²) in [5.74, 6) is 1.20. The van der Waals surface area contributed by atoms with E-state index in [0.29, 0.717) is 17.9 Å². The highest BCUT2D eigenvalue weighted by atomic mass is 79.9. The zero-order valence-corrected chi connectivity index (χ0v) is 21.4. The van der Waals surface area contributed by atoms with Gasteiger partial charge in [-0.1, -0.05) is 88.7 Å². The molecule has 0 saturated carbocycles. The molecule has 4 nitrogen and oxygen atoms in total. The number of hydrogen-bond donors (Lipinski definition) is 1. The van der Waals surface area contributed by atoms with Gasteiger partial charge in [0.05, 0.1) is 0 Å². The number of benzene rings is 4. The first-order valence-electron chi connectivity index (χ1n) is 11.0. The van der Waals surface area contributed by atoms with Crippen LogP contribution in [0, 0.1) is 13.8 Å². The van der Waals surface area contributed by atoms with Crippen LogP contribution in [0.2, 0.25) is 0 Å². The van der Waals surface area contributed by atoms with Gasteiger partial charge in [0.25, 0.3) is 0 Å². The lowest BCUT2D eigenvalue weighted by Gasteiger charge is -2.06. The standard InChI is InChI=1S/C15H14O2.C8H7BrO.C7H8O/c1-12-3-2-4-15(9-12)17-11-14-7-5-13(10-16)6-8-14;9-5-7-1-3-8(6-10)4-2-7;1-6-3-2-4-7(8)5-6/h2-10H,11H2,1H3;1-4,6H,5H2;2-5,8H,1H3. The van der Waals surface area contributed by atoms with Crippen molar-refractivity contribution in [1.82, 2.24) is 0 Å². The number of ether oxygens (including phenoxy) is 1. The van der Waals surface area contributed by atoms with Crippen LogP contribution >= 0.6 is 15.9 Å². The number of carbonyl (C=O) groups excluding carboxylic acids is 2.